The van der Waals surface area contributed by atoms with Gasteiger partial charge in [0.15, 0.2) is 0 Å². The second-order valence-electron chi connectivity index (χ2n) is 5.57. The minimum atomic E-state index is -3.49. The Hall–Kier alpha value is -1.40. The lowest BCUT2D eigenvalue weighted by atomic mass is 10.1. The molecule has 1 heterocycles. The zero-order valence-corrected chi connectivity index (χ0v) is 14.3. The molecule has 1 aliphatic rings. The average molecular weight is 324 g/mol. The van der Waals surface area contributed by atoms with Crippen LogP contribution in [0.2, 0.25) is 0 Å². The third-order valence-electron chi connectivity index (χ3n) is 4.19. The highest BCUT2D eigenvalue weighted by molar-refractivity contribution is 7.89. The number of aryl methyl sites for hydroxylation is 1. The zero-order chi connectivity index (χ0) is 16.3. The van der Waals surface area contributed by atoms with E-state index in [1.54, 1.807) is 17.0 Å². The van der Waals surface area contributed by atoms with Gasteiger partial charge < -0.3 is 4.90 Å². The van der Waals surface area contributed by atoms with Crippen LogP contribution < -0.4 is 0 Å². The molecule has 0 bridgehead atoms. The van der Waals surface area contributed by atoms with Crippen molar-refractivity contribution >= 4 is 15.9 Å². The third-order valence-corrected chi connectivity index (χ3v) is 6.09. The quantitative estimate of drug-likeness (QED) is 0.835. The molecule has 6 heteroatoms. The van der Waals surface area contributed by atoms with Crippen LogP contribution in [0.4, 0.5) is 0 Å². The molecule has 5 nitrogen and oxygen atoms in total. The Labute approximate surface area is 133 Å². The van der Waals surface area contributed by atoms with Crippen molar-refractivity contribution in [2.24, 2.45) is 0 Å². The molecule has 0 atom stereocenters. The molecule has 22 heavy (non-hydrogen) atoms. The molecule has 0 unspecified atom stereocenters. The molecule has 1 saturated heterocycles. The van der Waals surface area contributed by atoms with Gasteiger partial charge in [0.25, 0.3) is 5.91 Å². The lowest BCUT2D eigenvalue weighted by molar-refractivity contribution is 0.0772. The molecule has 0 aliphatic carbocycles. The largest absolute Gasteiger partial charge is 0.339 e. The summed E-state index contributed by atoms with van der Waals surface area (Å²) in [6.45, 7) is 8.02. The number of nitrogens with zero attached hydrogens (tertiary/aromatic N) is 2. The van der Waals surface area contributed by atoms with E-state index in [1.165, 1.54) is 10.4 Å². The minimum absolute atomic E-state index is 0.110. The lowest BCUT2D eigenvalue weighted by Crippen LogP contribution is -2.32. The van der Waals surface area contributed by atoms with E-state index in [2.05, 4.69) is 0 Å². The number of benzene rings is 1. The Morgan fingerprint density at radius 2 is 1.77 bits per heavy atom. The lowest BCUT2D eigenvalue weighted by Gasteiger charge is -2.21. The molecule has 0 radical (unpaired) electrons. The molecule has 1 amide bonds. The maximum atomic E-state index is 12.6. The topological polar surface area (TPSA) is 57.7 Å². The summed E-state index contributed by atoms with van der Waals surface area (Å²) in [6.07, 6.45) is 1.80. The van der Waals surface area contributed by atoms with E-state index >= 15 is 0 Å². The van der Waals surface area contributed by atoms with E-state index in [0.29, 0.717) is 31.7 Å². The van der Waals surface area contributed by atoms with Crippen molar-refractivity contribution in [3.8, 4) is 0 Å². The molecular formula is C16H24N2O3S. The first kappa shape index (κ1) is 17.0. The first-order valence-corrected chi connectivity index (χ1v) is 9.25. The summed E-state index contributed by atoms with van der Waals surface area (Å²) in [5, 5.41) is 0. The molecule has 1 fully saturated rings. The number of hydrogen-bond donors (Lipinski definition) is 0. The third kappa shape index (κ3) is 3.17. The molecule has 0 N–H and O–H groups in total. The van der Waals surface area contributed by atoms with Gasteiger partial charge in [-0.05, 0) is 51.3 Å². The van der Waals surface area contributed by atoms with Crippen LogP contribution in [0.3, 0.4) is 0 Å². The van der Waals surface area contributed by atoms with Gasteiger partial charge in [0.05, 0.1) is 4.90 Å². The summed E-state index contributed by atoms with van der Waals surface area (Å²) in [6, 6.07) is 4.85. The monoisotopic (exact) mass is 324 g/mol. The van der Waals surface area contributed by atoms with Gasteiger partial charge >= 0.3 is 0 Å². The van der Waals surface area contributed by atoms with E-state index in [4.69, 9.17) is 0 Å². The number of amides is 1. The normalized spacial score (nSPS) is 16.0. The fourth-order valence-electron chi connectivity index (χ4n) is 2.75. The predicted molar refractivity (Wildman–Crippen MR) is 86.4 cm³/mol. The molecule has 0 aromatic heterocycles. The SMILES string of the molecule is CCN(CC)C(=O)c1cc(S(=O)(=O)N2CCCC2)ccc1C. The van der Waals surface area contributed by atoms with Gasteiger partial charge in [-0.15, -0.1) is 0 Å². The summed E-state index contributed by atoms with van der Waals surface area (Å²) < 4.78 is 26.8. The van der Waals surface area contributed by atoms with Crippen LogP contribution in [0, 0.1) is 6.92 Å². The minimum Gasteiger partial charge on any atom is -0.339 e. The first-order chi connectivity index (χ1) is 10.4. The van der Waals surface area contributed by atoms with Crippen LogP contribution in [0.25, 0.3) is 0 Å². The highest BCUT2D eigenvalue weighted by Crippen LogP contribution is 2.23. The van der Waals surface area contributed by atoms with Crippen LogP contribution in [0.15, 0.2) is 23.1 Å². The second kappa shape index (κ2) is 6.79. The van der Waals surface area contributed by atoms with Gasteiger partial charge in [0.1, 0.15) is 0 Å². The summed E-state index contributed by atoms with van der Waals surface area (Å²) in [5.74, 6) is -0.110. The van der Waals surface area contributed by atoms with Gasteiger partial charge in [0, 0.05) is 31.7 Å². The molecule has 0 saturated carbocycles. The number of carbonyl (C=O) groups is 1. The highest BCUT2D eigenvalue weighted by Gasteiger charge is 2.28. The van der Waals surface area contributed by atoms with Crippen LogP contribution >= 0.6 is 0 Å². The number of hydrogen-bond acceptors (Lipinski definition) is 3. The smallest absolute Gasteiger partial charge is 0.254 e. The molecule has 1 aromatic carbocycles. The fraction of sp³-hybridized carbons (Fsp3) is 0.562. The van der Waals surface area contributed by atoms with E-state index < -0.39 is 10.0 Å². The van der Waals surface area contributed by atoms with E-state index in [-0.39, 0.29) is 10.8 Å². The summed E-state index contributed by atoms with van der Waals surface area (Å²) in [4.78, 5) is 14.5. The van der Waals surface area contributed by atoms with Gasteiger partial charge in [-0.2, -0.15) is 4.31 Å². The average Bonchev–Trinajstić information content (AvgIpc) is 3.03. The molecular weight excluding hydrogens is 300 g/mol. The van der Waals surface area contributed by atoms with Gasteiger partial charge in [-0.25, -0.2) is 8.42 Å². The Morgan fingerprint density at radius 3 is 2.32 bits per heavy atom. The van der Waals surface area contributed by atoms with E-state index in [9.17, 15) is 13.2 Å². The molecule has 0 spiro atoms. The standard InChI is InChI=1S/C16H24N2O3S/c1-4-17(5-2)16(19)15-12-14(9-8-13(15)3)22(20,21)18-10-6-7-11-18/h8-9,12H,4-7,10-11H2,1-3H3. The second-order valence-corrected chi connectivity index (χ2v) is 7.50. The highest BCUT2D eigenvalue weighted by atomic mass is 32.2. The molecule has 1 aromatic rings. The van der Waals surface area contributed by atoms with Crippen molar-refractivity contribution in [2.75, 3.05) is 26.2 Å². The molecule has 2 rings (SSSR count). The zero-order valence-electron chi connectivity index (χ0n) is 13.5. The Kier molecular flexibility index (Phi) is 5.24. The van der Waals surface area contributed by atoms with Crippen molar-refractivity contribution in [1.82, 2.24) is 9.21 Å². The van der Waals surface area contributed by atoms with Crippen molar-refractivity contribution < 1.29 is 13.2 Å². The Morgan fingerprint density at radius 1 is 1.18 bits per heavy atom. The maximum Gasteiger partial charge on any atom is 0.254 e. The van der Waals surface area contributed by atoms with E-state index in [0.717, 1.165) is 18.4 Å². The van der Waals surface area contributed by atoms with Crippen LogP contribution in [0.1, 0.15) is 42.6 Å². The van der Waals surface area contributed by atoms with Gasteiger partial charge in [0.2, 0.25) is 10.0 Å². The number of sulfonamides is 1. The van der Waals surface area contributed by atoms with E-state index in [1.807, 2.05) is 20.8 Å². The predicted octanol–water partition coefficient (Wildman–Crippen LogP) is 2.26. The molecule has 122 valence electrons. The van der Waals surface area contributed by atoms with Crippen molar-refractivity contribution in [3.05, 3.63) is 29.3 Å². The summed E-state index contributed by atoms with van der Waals surface area (Å²) in [7, 11) is -3.49. The number of rotatable bonds is 5. The van der Waals surface area contributed by atoms with Crippen molar-refractivity contribution in [1.29, 1.82) is 0 Å². The first-order valence-electron chi connectivity index (χ1n) is 7.81. The fourth-order valence-corrected chi connectivity index (χ4v) is 4.29. The number of carbonyl (C=O) groups excluding carboxylic acids is 1. The van der Waals surface area contributed by atoms with Crippen LogP contribution in [-0.2, 0) is 10.0 Å². The maximum absolute atomic E-state index is 12.6. The van der Waals surface area contributed by atoms with Gasteiger partial charge in [-0.3, -0.25) is 4.79 Å². The van der Waals surface area contributed by atoms with Crippen LogP contribution in [0.5, 0.6) is 0 Å². The summed E-state index contributed by atoms with van der Waals surface area (Å²) in [5.41, 5.74) is 1.28. The van der Waals surface area contributed by atoms with Crippen LogP contribution in [-0.4, -0.2) is 49.7 Å². The molecule has 1 aliphatic heterocycles. The van der Waals surface area contributed by atoms with Crippen molar-refractivity contribution in [2.45, 2.75) is 38.5 Å². The van der Waals surface area contributed by atoms with Crippen molar-refractivity contribution in [3.63, 3.8) is 0 Å². The summed E-state index contributed by atoms with van der Waals surface area (Å²) >= 11 is 0. The Bertz CT molecular complexity index is 645. The van der Waals surface area contributed by atoms with Gasteiger partial charge in [-0.1, -0.05) is 6.07 Å². The Balaban J connectivity index is 2.40.